The van der Waals surface area contributed by atoms with Crippen LogP contribution >= 0.6 is 0 Å². The van der Waals surface area contributed by atoms with Gasteiger partial charge in [0.2, 0.25) is 0 Å². The second-order valence-corrected chi connectivity index (χ2v) is 10.8. The van der Waals surface area contributed by atoms with Gasteiger partial charge in [-0.3, -0.25) is 4.98 Å². The van der Waals surface area contributed by atoms with Crippen molar-refractivity contribution in [3.05, 3.63) is 140 Å². The lowest BCUT2D eigenvalue weighted by Crippen LogP contribution is -1.91. The molecule has 0 atom stereocenters. The topological polar surface area (TPSA) is 51.8 Å². The standard InChI is InChI=1S/C39H23N3O/c1-2-7-24(8-3-1)32-19-16-25-14-15-26-17-20-33(42-39(26)38(25)41-32)27-18-21-35-31(23-27)37-30(10-5-13-36(37)43-35)28-9-4-12-34-29(28)11-6-22-40-34/h1-23H. The van der Waals surface area contributed by atoms with Crippen molar-refractivity contribution in [1.82, 2.24) is 15.0 Å². The first kappa shape index (κ1) is 23.8. The minimum absolute atomic E-state index is 0.852. The van der Waals surface area contributed by atoms with Gasteiger partial charge in [0, 0.05) is 44.3 Å². The lowest BCUT2D eigenvalue weighted by molar-refractivity contribution is 0.669. The number of nitrogens with zero attached hydrogens (tertiary/aromatic N) is 3. The van der Waals surface area contributed by atoms with Crippen molar-refractivity contribution < 1.29 is 4.42 Å². The number of benzene rings is 5. The molecule has 5 aromatic carbocycles. The average molecular weight is 550 g/mol. The summed E-state index contributed by atoms with van der Waals surface area (Å²) >= 11 is 0. The molecular formula is C39H23N3O. The lowest BCUT2D eigenvalue weighted by Gasteiger charge is -2.09. The van der Waals surface area contributed by atoms with Gasteiger partial charge in [0.15, 0.2) is 0 Å². The second kappa shape index (κ2) is 9.33. The van der Waals surface area contributed by atoms with E-state index in [4.69, 9.17) is 14.4 Å². The molecule has 200 valence electrons. The van der Waals surface area contributed by atoms with Gasteiger partial charge in [0.25, 0.3) is 0 Å². The molecule has 0 fully saturated rings. The van der Waals surface area contributed by atoms with Gasteiger partial charge in [-0.1, -0.05) is 84.9 Å². The van der Waals surface area contributed by atoms with Gasteiger partial charge in [-0.2, -0.15) is 0 Å². The normalized spacial score (nSPS) is 11.7. The van der Waals surface area contributed by atoms with Gasteiger partial charge in [-0.25, -0.2) is 9.97 Å². The number of fused-ring (bicyclic) bond motifs is 7. The highest BCUT2D eigenvalue weighted by Crippen LogP contribution is 2.40. The van der Waals surface area contributed by atoms with E-state index in [9.17, 15) is 0 Å². The molecule has 0 saturated heterocycles. The minimum Gasteiger partial charge on any atom is -0.456 e. The van der Waals surface area contributed by atoms with E-state index in [1.807, 2.05) is 36.5 Å². The Labute approximate surface area is 246 Å². The fourth-order valence-corrected chi connectivity index (χ4v) is 6.25. The summed E-state index contributed by atoms with van der Waals surface area (Å²) < 4.78 is 6.35. The molecule has 9 rings (SSSR count). The highest BCUT2D eigenvalue weighted by molar-refractivity contribution is 6.15. The van der Waals surface area contributed by atoms with Crippen molar-refractivity contribution in [1.29, 1.82) is 0 Å². The van der Waals surface area contributed by atoms with Crippen LogP contribution in [0.15, 0.2) is 144 Å². The van der Waals surface area contributed by atoms with Crippen LogP contribution in [0.2, 0.25) is 0 Å². The SMILES string of the molecule is c1ccc(-c2ccc3ccc4ccc(-c5ccc6oc7cccc(-c8cccc9ncccc89)c7c6c5)nc4c3n2)cc1. The smallest absolute Gasteiger partial charge is 0.136 e. The average Bonchev–Trinajstić information content (AvgIpc) is 3.46. The number of aromatic nitrogens is 3. The van der Waals surface area contributed by atoms with Gasteiger partial charge in [0.1, 0.15) is 11.2 Å². The third-order valence-corrected chi connectivity index (χ3v) is 8.32. The largest absolute Gasteiger partial charge is 0.456 e. The fourth-order valence-electron chi connectivity index (χ4n) is 6.25. The van der Waals surface area contributed by atoms with E-state index in [2.05, 4.69) is 108 Å². The summed E-state index contributed by atoms with van der Waals surface area (Å²) in [6.07, 6.45) is 1.84. The zero-order valence-corrected chi connectivity index (χ0v) is 23.0. The maximum Gasteiger partial charge on any atom is 0.136 e. The van der Waals surface area contributed by atoms with Crippen LogP contribution in [-0.2, 0) is 0 Å². The fraction of sp³-hybridized carbons (Fsp3) is 0. The molecule has 0 bridgehead atoms. The number of furan rings is 1. The summed E-state index contributed by atoms with van der Waals surface area (Å²) in [4.78, 5) is 14.9. The zero-order valence-electron chi connectivity index (χ0n) is 23.0. The van der Waals surface area contributed by atoms with Crippen LogP contribution in [0, 0.1) is 0 Å². The molecule has 4 nitrogen and oxygen atoms in total. The monoisotopic (exact) mass is 549 g/mol. The van der Waals surface area contributed by atoms with Gasteiger partial charge in [0.05, 0.1) is 27.9 Å². The van der Waals surface area contributed by atoms with Crippen molar-refractivity contribution in [3.63, 3.8) is 0 Å². The number of rotatable bonds is 3. The molecule has 0 amide bonds. The first-order chi connectivity index (χ1) is 21.3. The van der Waals surface area contributed by atoms with Gasteiger partial charge in [-0.15, -0.1) is 0 Å². The van der Waals surface area contributed by atoms with Crippen molar-refractivity contribution >= 4 is 54.6 Å². The molecule has 43 heavy (non-hydrogen) atoms. The van der Waals surface area contributed by atoms with E-state index in [1.165, 1.54) is 0 Å². The Morgan fingerprint density at radius 2 is 1.19 bits per heavy atom. The van der Waals surface area contributed by atoms with Crippen molar-refractivity contribution in [2.45, 2.75) is 0 Å². The van der Waals surface area contributed by atoms with Crippen molar-refractivity contribution in [2.75, 3.05) is 0 Å². The number of hydrogen-bond donors (Lipinski definition) is 0. The predicted octanol–water partition coefficient (Wildman–Crippen LogP) is 10.2. The molecule has 0 spiro atoms. The Balaban J connectivity index is 1.25. The van der Waals surface area contributed by atoms with Crippen LogP contribution in [0.25, 0.3) is 88.3 Å². The van der Waals surface area contributed by atoms with E-state index < -0.39 is 0 Å². The van der Waals surface area contributed by atoms with E-state index in [-0.39, 0.29) is 0 Å². The van der Waals surface area contributed by atoms with Crippen LogP contribution in [-0.4, -0.2) is 15.0 Å². The Morgan fingerprint density at radius 1 is 0.465 bits per heavy atom. The van der Waals surface area contributed by atoms with Crippen LogP contribution in [0.4, 0.5) is 0 Å². The van der Waals surface area contributed by atoms with E-state index in [0.29, 0.717) is 0 Å². The maximum atomic E-state index is 6.35. The van der Waals surface area contributed by atoms with Crippen molar-refractivity contribution in [3.8, 4) is 33.6 Å². The molecular weight excluding hydrogens is 526 g/mol. The zero-order chi connectivity index (χ0) is 28.3. The minimum atomic E-state index is 0.852. The summed E-state index contributed by atoms with van der Waals surface area (Å²) in [5, 5.41) is 5.41. The Morgan fingerprint density at radius 3 is 2.00 bits per heavy atom. The molecule has 0 aliphatic rings. The Kier molecular flexibility index (Phi) is 5.16. The van der Waals surface area contributed by atoms with Crippen molar-refractivity contribution in [2.24, 2.45) is 0 Å². The first-order valence-corrected chi connectivity index (χ1v) is 14.4. The Hall–Kier alpha value is -5.87. The van der Waals surface area contributed by atoms with E-state index in [0.717, 1.165) is 88.3 Å². The molecule has 0 radical (unpaired) electrons. The highest BCUT2D eigenvalue weighted by atomic mass is 16.3. The maximum absolute atomic E-state index is 6.35. The molecule has 0 aliphatic carbocycles. The molecule has 0 unspecified atom stereocenters. The van der Waals surface area contributed by atoms with Gasteiger partial charge < -0.3 is 4.42 Å². The molecule has 0 N–H and O–H groups in total. The number of pyridine rings is 3. The van der Waals surface area contributed by atoms with Gasteiger partial charge in [-0.05, 0) is 59.7 Å². The lowest BCUT2D eigenvalue weighted by atomic mass is 9.95. The highest BCUT2D eigenvalue weighted by Gasteiger charge is 2.16. The van der Waals surface area contributed by atoms with E-state index >= 15 is 0 Å². The second-order valence-electron chi connectivity index (χ2n) is 10.8. The van der Waals surface area contributed by atoms with Gasteiger partial charge >= 0.3 is 0 Å². The first-order valence-electron chi connectivity index (χ1n) is 14.4. The predicted molar refractivity (Wildman–Crippen MR) is 176 cm³/mol. The van der Waals surface area contributed by atoms with E-state index in [1.54, 1.807) is 0 Å². The molecule has 4 heterocycles. The quantitative estimate of drug-likeness (QED) is 0.206. The van der Waals surface area contributed by atoms with Crippen LogP contribution < -0.4 is 0 Å². The summed E-state index contributed by atoms with van der Waals surface area (Å²) in [7, 11) is 0. The third-order valence-electron chi connectivity index (χ3n) is 8.32. The molecule has 4 aromatic heterocycles. The molecule has 4 heteroatoms. The third kappa shape index (κ3) is 3.81. The van der Waals surface area contributed by atoms with Crippen LogP contribution in [0.3, 0.4) is 0 Å². The summed E-state index contributed by atoms with van der Waals surface area (Å²) in [6.45, 7) is 0. The summed E-state index contributed by atoms with van der Waals surface area (Å²) in [5.74, 6) is 0. The summed E-state index contributed by atoms with van der Waals surface area (Å²) in [5.41, 5.74) is 10.7. The van der Waals surface area contributed by atoms with Crippen LogP contribution in [0.1, 0.15) is 0 Å². The Bertz CT molecular complexity index is 2510. The molecule has 0 saturated carbocycles. The molecule has 0 aliphatic heterocycles. The summed E-state index contributed by atoms with van der Waals surface area (Å²) in [6, 6.07) is 46.0. The van der Waals surface area contributed by atoms with Crippen LogP contribution in [0.5, 0.6) is 0 Å². The number of hydrogen-bond acceptors (Lipinski definition) is 4. The molecule has 9 aromatic rings.